The Morgan fingerprint density at radius 2 is 1.73 bits per heavy atom. The quantitative estimate of drug-likeness (QED) is 0.135. The highest BCUT2D eigenvalue weighted by molar-refractivity contribution is 8.14. The Labute approximate surface area is 252 Å². The summed E-state index contributed by atoms with van der Waals surface area (Å²) in [5, 5.41) is 22.8. The largest absolute Gasteiger partial charge is 0.478 e. The second-order valence-corrected chi connectivity index (χ2v) is 16.5. The lowest BCUT2D eigenvalue weighted by Gasteiger charge is -2.69. The molecule has 41 heavy (non-hydrogen) atoms. The minimum Gasteiger partial charge on any atom is -0.478 e. The monoisotopic (exact) mass is 586 g/mol. The molecular weight excluding hydrogens is 532 g/mol. The molecule has 0 saturated heterocycles. The van der Waals surface area contributed by atoms with Crippen molar-refractivity contribution < 1.29 is 24.5 Å². The fraction of sp³-hybridized carbons (Fsp3) is 0.771. The molecule has 10 atom stereocenters. The Morgan fingerprint density at radius 3 is 2.29 bits per heavy atom. The lowest BCUT2D eigenvalue weighted by Crippen LogP contribution is -2.65. The first kappa shape index (κ1) is 32.4. The number of allylic oxidation sites excluding steroid dienone is 3. The van der Waals surface area contributed by atoms with E-state index in [1.807, 2.05) is 13.8 Å². The third-order valence-electron chi connectivity index (χ3n) is 12.4. The molecule has 4 fully saturated rings. The Hall–Kier alpha value is -1.53. The average molecular weight is 587 g/mol. The zero-order valence-corrected chi connectivity index (χ0v) is 27.7. The number of aliphatic hydroxyl groups is 1. The zero-order chi connectivity index (χ0) is 30.7. The number of carboxylic acids is 1. The maximum atomic E-state index is 13.0. The van der Waals surface area contributed by atoms with Crippen LogP contribution in [-0.4, -0.2) is 32.3 Å². The Balaban J connectivity index is 1.94. The number of carbonyl (C=O) groups is 2. The molecule has 5 nitrogen and oxygen atoms in total. The summed E-state index contributed by atoms with van der Waals surface area (Å²) in [6.45, 7) is 23.3. The van der Waals surface area contributed by atoms with E-state index in [9.17, 15) is 19.8 Å². The molecule has 1 unspecified atom stereocenters. The van der Waals surface area contributed by atoms with Gasteiger partial charge in [0.2, 0.25) is 0 Å². The van der Waals surface area contributed by atoms with Gasteiger partial charge in [-0.05, 0) is 129 Å². The zero-order valence-electron chi connectivity index (χ0n) is 26.9. The molecule has 0 bridgehead atoms. The molecule has 0 heterocycles. The van der Waals surface area contributed by atoms with Gasteiger partial charge in [-0.3, -0.25) is 4.79 Å². The van der Waals surface area contributed by atoms with Crippen LogP contribution in [0.2, 0.25) is 0 Å². The molecule has 4 saturated carbocycles. The molecule has 4 rings (SSSR count). The molecule has 0 spiro atoms. The van der Waals surface area contributed by atoms with Gasteiger partial charge >= 0.3 is 5.97 Å². The van der Waals surface area contributed by atoms with Crippen molar-refractivity contribution in [1.29, 1.82) is 0 Å². The molecule has 0 aromatic carbocycles. The number of hydrogen-bond donors (Lipinski definition) is 2. The lowest BCUT2D eigenvalue weighted by molar-refractivity contribution is -0.229. The first-order valence-electron chi connectivity index (χ1n) is 15.8. The van der Waals surface area contributed by atoms with Gasteiger partial charge < -0.3 is 14.9 Å². The van der Waals surface area contributed by atoms with Crippen molar-refractivity contribution in [3.05, 3.63) is 35.1 Å². The average Bonchev–Trinajstić information content (AvgIpc) is 3.06. The van der Waals surface area contributed by atoms with Crippen molar-refractivity contribution in [1.82, 2.24) is 0 Å². The number of thioether (sulfide) groups is 1. The lowest BCUT2D eigenvalue weighted by atomic mass is 9.36. The minimum atomic E-state index is -1.15. The van der Waals surface area contributed by atoms with E-state index in [4.69, 9.17) is 4.74 Å². The summed E-state index contributed by atoms with van der Waals surface area (Å²) in [7, 11) is 0. The van der Waals surface area contributed by atoms with Crippen LogP contribution < -0.4 is 0 Å². The highest BCUT2D eigenvalue weighted by Crippen LogP contribution is 2.77. The van der Waals surface area contributed by atoms with Gasteiger partial charge in [0.05, 0.1) is 11.9 Å². The van der Waals surface area contributed by atoms with Crippen LogP contribution in [0.1, 0.15) is 114 Å². The molecule has 0 aromatic rings. The first-order chi connectivity index (χ1) is 18.9. The SMILES string of the molecule is C=C(C)OC1(SC(C)=O)C[C@@]2(C)[C@@H](C[C@@H](O)[C@H]3[C@@]4(C)CC[C@@H](C)[C@H](C)[C@@H]4CC[C@@]32C)/C1=C(\CCC=C(C)C)C(=O)O. The number of carboxylic acid groups (broad SMARTS) is 1. The van der Waals surface area contributed by atoms with E-state index in [1.165, 1.54) is 13.3 Å². The summed E-state index contributed by atoms with van der Waals surface area (Å²) >= 11 is 1.12. The number of fused-ring (bicyclic) bond motifs is 5. The third-order valence-corrected chi connectivity index (χ3v) is 13.4. The van der Waals surface area contributed by atoms with Crippen LogP contribution in [0.25, 0.3) is 0 Å². The Kier molecular flexibility index (Phi) is 8.84. The maximum Gasteiger partial charge on any atom is 0.331 e. The Morgan fingerprint density at radius 1 is 1.07 bits per heavy atom. The minimum absolute atomic E-state index is 0.0173. The van der Waals surface area contributed by atoms with E-state index < -0.39 is 17.0 Å². The maximum absolute atomic E-state index is 13.0. The van der Waals surface area contributed by atoms with Crippen molar-refractivity contribution in [3.63, 3.8) is 0 Å². The van der Waals surface area contributed by atoms with Gasteiger partial charge in [-0.2, -0.15) is 0 Å². The van der Waals surface area contributed by atoms with Crippen LogP contribution in [0.5, 0.6) is 0 Å². The topological polar surface area (TPSA) is 83.8 Å². The van der Waals surface area contributed by atoms with Crippen LogP contribution in [0.3, 0.4) is 0 Å². The van der Waals surface area contributed by atoms with Crippen LogP contribution >= 0.6 is 11.8 Å². The van der Waals surface area contributed by atoms with Crippen LogP contribution in [0.4, 0.5) is 0 Å². The predicted octanol–water partition coefficient (Wildman–Crippen LogP) is 8.54. The van der Waals surface area contributed by atoms with Gasteiger partial charge in [-0.25, -0.2) is 4.79 Å². The fourth-order valence-corrected chi connectivity index (χ4v) is 11.9. The van der Waals surface area contributed by atoms with E-state index in [0.717, 1.165) is 36.6 Å². The van der Waals surface area contributed by atoms with Crippen molar-refractivity contribution in [2.45, 2.75) is 125 Å². The number of aliphatic hydroxyl groups excluding tert-OH is 1. The van der Waals surface area contributed by atoms with Gasteiger partial charge in [0.15, 0.2) is 10.0 Å². The van der Waals surface area contributed by atoms with Crippen molar-refractivity contribution in [3.8, 4) is 0 Å². The van der Waals surface area contributed by atoms with Gasteiger partial charge in [-0.1, -0.05) is 52.8 Å². The molecule has 0 aliphatic heterocycles. The molecule has 4 aliphatic rings. The Bertz CT molecular complexity index is 1130. The van der Waals surface area contributed by atoms with Crippen LogP contribution in [-0.2, 0) is 14.3 Å². The summed E-state index contributed by atoms with van der Waals surface area (Å²) in [6, 6.07) is 0. The van der Waals surface area contributed by atoms with E-state index in [-0.39, 0.29) is 33.2 Å². The molecule has 4 aliphatic carbocycles. The third kappa shape index (κ3) is 5.17. The molecule has 6 heteroatoms. The smallest absolute Gasteiger partial charge is 0.331 e. The molecular formula is C35H54O5S. The highest BCUT2D eigenvalue weighted by atomic mass is 32.2. The number of aliphatic carboxylic acids is 1. The van der Waals surface area contributed by atoms with E-state index in [0.29, 0.717) is 60.3 Å². The van der Waals surface area contributed by atoms with Gasteiger partial charge in [0.1, 0.15) is 0 Å². The highest BCUT2D eigenvalue weighted by Gasteiger charge is 2.73. The van der Waals surface area contributed by atoms with E-state index in [2.05, 4.69) is 47.3 Å². The molecule has 230 valence electrons. The first-order valence-corrected chi connectivity index (χ1v) is 16.6. The molecule has 0 aromatic heterocycles. The number of rotatable bonds is 7. The van der Waals surface area contributed by atoms with Gasteiger partial charge in [-0.15, -0.1) is 0 Å². The van der Waals surface area contributed by atoms with Crippen molar-refractivity contribution >= 4 is 22.8 Å². The number of carbonyl (C=O) groups excluding carboxylic acids is 1. The van der Waals surface area contributed by atoms with Gasteiger partial charge in [0, 0.05) is 18.9 Å². The second kappa shape index (κ2) is 11.2. The standard InChI is InChI=1S/C35H54O5S/c1-20(2)12-11-13-25(31(38)39)29-27-18-28(37)30-32(8)16-14-22(5)23(6)26(32)15-17-33(30,9)34(27,10)19-35(29,40-21(3)4)41-24(7)36/h12,22-23,26-28,30,37H,3,11,13-19H2,1-2,4-10H3,(H,38,39)/b29-25-/t22-,23+,26+,27+,28-,30+,32+,33+,34+,35?/m1/s1. The number of ether oxygens (including phenoxy) is 1. The molecule has 2 N–H and O–H groups in total. The molecule has 0 radical (unpaired) electrons. The van der Waals surface area contributed by atoms with Crippen LogP contribution in [0, 0.1) is 45.8 Å². The van der Waals surface area contributed by atoms with Crippen molar-refractivity contribution in [2.75, 3.05) is 0 Å². The van der Waals surface area contributed by atoms with Crippen molar-refractivity contribution in [2.24, 2.45) is 45.8 Å². The van der Waals surface area contributed by atoms with E-state index >= 15 is 0 Å². The summed E-state index contributed by atoms with van der Waals surface area (Å²) in [5.41, 5.74) is 1.59. The van der Waals surface area contributed by atoms with E-state index in [1.54, 1.807) is 6.92 Å². The summed E-state index contributed by atoms with van der Waals surface area (Å²) in [6.07, 6.45) is 7.90. The second-order valence-electron chi connectivity index (χ2n) is 15.0. The summed E-state index contributed by atoms with van der Waals surface area (Å²) in [5.74, 6) is 1.28. The van der Waals surface area contributed by atoms with Gasteiger partial charge in [0.25, 0.3) is 0 Å². The number of hydrogen-bond acceptors (Lipinski definition) is 5. The van der Waals surface area contributed by atoms with Crippen LogP contribution in [0.15, 0.2) is 35.1 Å². The predicted molar refractivity (Wildman–Crippen MR) is 167 cm³/mol. The summed E-state index contributed by atoms with van der Waals surface area (Å²) in [4.78, 5) is 24.8. The fourth-order valence-electron chi connectivity index (χ4n) is 10.5. The normalized spacial score (nSPS) is 44.6. The molecule has 0 amide bonds. The summed E-state index contributed by atoms with van der Waals surface area (Å²) < 4.78 is 6.59.